The van der Waals surface area contributed by atoms with Gasteiger partial charge in [0, 0.05) is 29.4 Å². The van der Waals surface area contributed by atoms with E-state index < -0.39 is 0 Å². The van der Waals surface area contributed by atoms with Crippen molar-refractivity contribution in [3.8, 4) is 5.82 Å². The molecule has 0 fully saturated rings. The van der Waals surface area contributed by atoms with Gasteiger partial charge in [-0.15, -0.1) is 0 Å². The molecular formula is C24H25FN6O. The topological polar surface area (TPSA) is 75.9 Å². The molecule has 0 unspecified atom stereocenters. The van der Waals surface area contributed by atoms with Crippen LogP contribution >= 0.6 is 0 Å². The van der Waals surface area contributed by atoms with Crippen molar-refractivity contribution in [1.82, 2.24) is 24.6 Å². The van der Waals surface area contributed by atoms with Crippen LogP contribution in [0, 0.1) is 11.7 Å². The Morgan fingerprint density at radius 2 is 1.81 bits per heavy atom. The van der Waals surface area contributed by atoms with Crippen LogP contribution in [-0.2, 0) is 0 Å². The number of benzene rings is 2. The van der Waals surface area contributed by atoms with Gasteiger partial charge in [0.25, 0.3) is 0 Å². The first-order chi connectivity index (χ1) is 15.4. The number of pyridine rings is 1. The van der Waals surface area contributed by atoms with Crippen LogP contribution in [0.25, 0.3) is 16.6 Å². The first-order valence-corrected chi connectivity index (χ1v) is 10.5. The van der Waals surface area contributed by atoms with E-state index in [0.29, 0.717) is 18.1 Å². The number of amides is 2. The molecule has 7 nitrogen and oxygen atoms in total. The van der Waals surface area contributed by atoms with Crippen LogP contribution in [-0.4, -0.2) is 37.2 Å². The lowest BCUT2D eigenvalue weighted by atomic mass is 10.00. The number of urea groups is 1. The van der Waals surface area contributed by atoms with Gasteiger partial charge in [0.2, 0.25) is 0 Å². The minimum atomic E-state index is -0.347. The molecule has 1 N–H and O–H groups in total. The number of anilines is 1. The third-order valence-electron chi connectivity index (χ3n) is 5.28. The van der Waals surface area contributed by atoms with E-state index in [9.17, 15) is 9.18 Å². The zero-order chi connectivity index (χ0) is 22.7. The molecule has 0 aliphatic heterocycles. The minimum absolute atomic E-state index is 0.248. The maximum Gasteiger partial charge on any atom is 0.322 e. The predicted molar refractivity (Wildman–Crippen MR) is 122 cm³/mol. The average Bonchev–Trinajstić information content (AvgIpc) is 3.32. The van der Waals surface area contributed by atoms with E-state index in [0.717, 1.165) is 16.3 Å². The number of carbonyl (C=O) groups is 1. The van der Waals surface area contributed by atoms with Crippen molar-refractivity contribution in [2.24, 2.45) is 5.92 Å². The third-order valence-corrected chi connectivity index (χ3v) is 5.28. The second kappa shape index (κ2) is 9.13. The third kappa shape index (κ3) is 4.44. The number of nitrogens with one attached hydrogen (secondary N) is 1. The Morgan fingerprint density at radius 3 is 2.47 bits per heavy atom. The fourth-order valence-corrected chi connectivity index (χ4v) is 3.74. The predicted octanol–water partition coefficient (Wildman–Crippen LogP) is 5.21. The molecule has 2 heterocycles. The summed E-state index contributed by atoms with van der Waals surface area (Å²) in [5, 5.41) is 9.00. The quantitative estimate of drug-likeness (QED) is 0.454. The molecule has 4 rings (SSSR count). The number of aromatic nitrogens is 4. The minimum Gasteiger partial charge on any atom is -0.317 e. The van der Waals surface area contributed by atoms with Crippen molar-refractivity contribution < 1.29 is 9.18 Å². The summed E-state index contributed by atoms with van der Waals surface area (Å²) in [5.74, 6) is 0.589. The summed E-state index contributed by atoms with van der Waals surface area (Å²) in [7, 11) is 0. The molecule has 0 saturated carbocycles. The number of nitrogens with zero attached hydrogens (tertiary/aromatic N) is 5. The van der Waals surface area contributed by atoms with E-state index in [4.69, 9.17) is 0 Å². The Balaban J connectivity index is 1.70. The molecule has 4 aromatic rings. The lowest BCUT2D eigenvalue weighted by molar-refractivity contribution is 0.184. The molecule has 0 saturated heterocycles. The Labute approximate surface area is 185 Å². The van der Waals surface area contributed by atoms with Crippen molar-refractivity contribution in [3.63, 3.8) is 0 Å². The molecule has 0 spiro atoms. The van der Waals surface area contributed by atoms with Gasteiger partial charge in [-0.25, -0.2) is 23.8 Å². The highest BCUT2D eigenvalue weighted by atomic mass is 19.1. The zero-order valence-electron chi connectivity index (χ0n) is 18.2. The molecule has 2 aromatic heterocycles. The standard InChI is InChI=1S/C24H25FN6O/c1-16(2)13-30(24(32)29-19-10-8-18(25)9-11-19)17(3)22-12-27-23(31-15-26-14-28-31)21-7-5-4-6-20(21)22/h4-12,14-17H,13H2,1-3H3,(H,29,32)/t17-/m1/s1. The van der Waals surface area contributed by atoms with Crippen molar-refractivity contribution >= 4 is 22.5 Å². The summed E-state index contributed by atoms with van der Waals surface area (Å²) in [6.45, 7) is 6.67. The highest BCUT2D eigenvalue weighted by Crippen LogP contribution is 2.31. The van der Waals surface area contributed by atoms with Gasteiger partial charge < -0.3 is 10.2 Å². The Bertz CT molecular complexity index is 1210. The normalized spacial score (nSPS) is 12.2. The molecule has 2 amide bonds. The van der Waals surface area contributed by atoms with Gasteiger partial charge in [-0.2, -0.15) is 5.10 Å². The second-order valence-electron chi connectivity index (χ2n) is 8.08. The maximum absolute atomic E-state index is 13.2. The van der Waals surface area contributed by atoms with E-state index in [1.54, 1.807) is 34.2 Å². The molecule has 32 heavy (non-hydrogen) atoms. The first kappa shape index (κ1) is 21.4. The molecule has 0 bridgehead atoms. The van der Waals surface area contributed by atoms with Gasteiger partial charge >= 0.3 is 6.03 Å². The number of hydrogen-bond donors (Lipinski definition) is 1. The molecule has 0 aliphatic rings. The summed E-state index contributed by atoms with van der Waals surface area (Å²) in [5.41, 5.74) is 1.47. The van der Waals surface area contributed by atoms with Crippen LogP contribution in [0.2, 0.25) is 0 Å². The number of hydrogen-bond acceptors (Lipinski definition) is 4. The van der Waals surface area contributed by atoms with Gasteiger partial charge in [0.15, 0.2) is 5.82 Å². The maximum atomic E-state index is 13.2. The van der Waals surface area contributed by atoms with Gasteiger partial charge in [-0.05, 0) is 42.5 Å². The number of fused-ring (bicyclic) bond motifs is 1. The molecule has 2 aromatic carbocycles. The lowest BCUT2D eigenvalue weighted by Gasteiger charge is -2.32. The summed E-state index contributed by atoms with van der Waals surface area (Å²) in [4.78, 5) is 23.7. The second-order valence-corrected chi connectivity index (χ2v) is 8.08. The number of carbonyl (C=O) groups excluding carboxylic acids is 1. The van der Waals surface area contributed by atoms with Gasteiger partial charge in [0.1, 0.15) is 18.5 Å². The number of halogens is 1. The smallest absolute Gasteiger partial charge is 0.317 e. The van der Waals surface area contributed by atoms with Crippen LogP contribution in [0.5, 0.6) is 0 Å². The highest BCUT2D eigenvalue weighted by molar-refractivity contribution is 5.93. The zero-order valence-corrected chi connectivity index (χ0v) is 18.2. The van der Waals surface area contributed by atoms with Crippen molar-refractivity contribution in [3.05, 3.63) is 78.8 Å². The Kier molecular flexibility index (Phi) is 6.11. The highest BCUT2D eigenvalue weighted by Gasteiger charge is 2.25. The first-order valence-electron chi connectivity index (χ1n) is 10.5. The monoisotopic (exact) mass is 432 g/mol. The summed E-state index contributed by atoms with van der Waals surface area (Å²) < 4.78 is 14.9. The van der Waals surface area contributed by atoms with Crippen LogP contribution in [0.3, 0.4) is 0 Å². The summed E-state index contributed by atoms with van der Waals surface area (Å²) >= 11 is 0. The fourth-order valence-electron chi connectivity index (χ4n) is 3.74. The molecule has 8 heteroatoms. The van der Waals surface area contributed by atoms with E-state index >= 15 is 0 Å². The molecule has 164 valence electrons. The van der Waals surface area contributed by atoms with Crippen molar-refractivity contribution in [2.75, 3.05) is 11.9 Å². The summed E-state index contributed by atoms with van der Waals surface area (Å²) in [6.07, 6.45) is 4.87. The van der Waals surface area contributed by atoms with E-state index in [-0.39, 0.29) is 23.8 Å². The SMILES string of the molecule is CC(C)CN(C(=O)Nc1ccc(F)cc1)[C@H](C)c1cnc(-n2cncn2)c2ccccc12. The number of rotatable bonds is 6. The van der Waals surface area contributed by atoms with E-state index in [1.165, 1.54) is 18.5 Å². The molecule has 1 atom stereocenters. The van der Waals surface area contributed by atoms with Gasteiger partial charge in [0.05, 0.1) is 6.04 Å². The Morgan fingerprint density at radius 1 is 1.09 bits per heavy atom. The van der Waals surface area contributed by atoms with Crippen LogP contribution in [0.1, 0.15) is 32.4 Å². The van der Waals surface area contributed by atoms with Gasteiger partial charge in [-0.1, -0.05) is 38.1 Å². The van der Waals surface area contributed by atoms with Crippen LogP contribution in [0.15, 0.2) is 67.4 Å². The Hall–Kier alpha value is -3.81. The van der Waals surface area contributed by atoms with E-state index in [2.05, 4.69) is 34.2 Å². The molecule has 0 radical (unpaired) electrons. The fraction of sp³-hybridized carbons (Fsp3) is 0.250. The van der Waals surface area contributed by atoms with Crippen LogP contribution in [0.4, 0.5) is 14.9 Å². The molecule has 0 aliphatic carbocycles. The lowest BCUT2D eigenvalue weighted by Crippen LogP contribution is -2.39. The van der Waals surface area contributed by atoms with Gasteiger partial charge in [-0.3, -0.25) is 0 Å². The van der Waals surface area contributed by atoms with Crippen molar-refractivity contribution in [1.29, 1.82) is 0 Å². The van der Waals surface area contributed by atoms with E-state index in [1.807, 2.05) is 31.2 Å². The van der Waals surface area contributed by atoms with Crippen molar-refractivity contribution in [2.45, 2.75) is 26.8 Å². The van der Waals surface area contributed by atoms with Crippen LogP contribution < -0.4 is 5.32 Å². The summed E-state index contributed by atoms with van der Waals surface area (Å²) in [6, 6.07) is 13.2. The average molecular weight is 433 g/mol. The largest absolute Gasteiger partial charge is 0.322 e. The molecular weight excluding hydrogens is 407 g/mol.